The van der Waals surface area contributed by atoms with Crippen LogP contribution in [0.15, 0.2) is 23.6 Å². The minimum absolute atomic E-state index is 0.412. The predicted octanol–water partition coefficient (Wildman–Crippen LogP) is 3.59. The van der Waals surface area contributed by atoms with E-state index >= 15 is 0 Å². The van der Waals surface area contributed by atoms with Crippen LogP contribution in [0.3, 0.4) is 0 Å². The van der Waals surface area contributed by atoms with E-state index in [0.717, 1.165) is 4.88 Å². The minimum Gasteiger partial charge on any atom is -0.366 e. The van der Waals surface area contributed by atoms with E-state index in [4.69, 9.17) is 5.73 Å². The predicted molar refractivity (Wildman–Crippen MR) is 75.3 cm³/mol. The van der Waals surface area contributed by atoms with Crippen LogP contribution in [-0.2, 0) is 4.79 Å². The first kappa shape index (κ1) is 12.1. The smallest absolute Gasteiger partial charge is 0.241 e. The maximum Gasteiger partial charge on any atom is 0.241 e. The molecule has 0 saturated carbocycles. The topological polar surface area (TPSA) is 43.1 Å². The van der Waals surface area contributed by atoms with Crippen molar-refractivity contribution >= 4 is 34.7 Å². The van der Waals surface area contributed by atoms with Crippen molar-refractivity contribution in [3.63, 3.8) is 0 Å². The quantitative estimate of drug-likeness (QED) is 0.845. The van der Waals surface area contributed by atoms with Crippen molar-refractivity contribution in [2.24, 2.45) is 5.73 Å². The fourth-order valence-corrected chi connectivity index (χ4v) is 3.86. The number of thiophene rings is 2. The Kier molecular flexibility index (Phi) is 3.45. The Labute approximate surface area is 108 Å². The lowest BCUT2D eigenvalue weighted by Gasteiger charge is -1.96. The molecule has 2 aromatic heterocycles. The maximum absolute atomic E-state index is 10.7. The molecular weight excluding hydrogens is 250 g/mol. The van der Waals surface area contributed by atoms with Crippen molar-refractivity contribution in [1.82, 2.24) is 0 Å². The van der Waals surface area contributed by atoms with E-state index in [-0.39, 0.29) is 0 Å². The SMILES string of the molecule is Cc1ccsc1-c1sc(/C=C\C(N)=O)cc1C. The zero-order valence-electron chi connectivity index (χ0n) is 9.69. The molecule has 0 spiro atoms. The van der Waals surface area contributed by atoms with E-state index in [2.05, 4.69) is 31.4 Å². The van der Waals surface area contributed by atoms with Gasteiger partial charge in [-0.2, -0.15) is 0 Å². The molecule has 2 aromatic rings. The van der Waals surface area contributed by atoms with Crippen molar-refractivity contribution < 1.29 is 4.79 Å². The molecule has 2 N–H and O–H groups in total. The molecule has 0 bridgehead atoms. The number of amides is 1. The van der Waals surface area contributed by atoms with Gasteiger partial charge in [0.1, 0.15) is 0 Å². The second-order valence-electron chi connectivity index (χ2n) is 3.83. The van der Waals surface area contributed by atoms with Gasteiger partial charge in [0.15, 0.2) is 0 Å². The highest BCUT2D eigenvalue weighted by molar-refractivity contribution is 7.22. The molecule has 2 nitrogen and oxygen atoms in total. The Hall–Kier alpha value is -1.39. The summed E-state index contributed by atoms with van der Waals surface area (Å²) in [7, 11) is 0. The third-order valence-electron chi connectivity index (χ3n) is 2.42. The summed E-state index contributed by atoms with van der Waals surface area (Å²) >= 11 is 3.44. The van der Waals surface area contributed by atoms with Gasteiger partial charge in [-0.05, 0) is 48.6 Å². The van der Waals surface area contributed by atoms with Crippen LogP contribution in [0.25, 0.3) is 15.8 Å². The Bertz CT molecular complexity index is 578. The summed E-state index contributed by atoms with van der Waals surface area (Å²) in [4.78, 5) is 14.3. The van der Waals surface area contributed by atoms with Crippen molar-refractivity contribution in [2.75, 3.05) is 0 Å². The fraction of sp³-hybridized carbons (Fsp3) is 0.154. The minimum atomic E-state index is -0.412. The molecule has 0 aliphatic carbocycles. The normalized spacial score (nSPS) is 11.2. The van der Waals surface area contributed by atoms with E-state index in [1.807, 2.05) is 0 Å². The van der Waals surface area contributed by atoms with Crippen LogP contribution < -0.4 is 5.73 Å². The van der Waals surface area contributed by atoms with Crippen LogP contribution in [0.1, 0.15) is 16.0 Å². The Morgan fingerprint density at radius 1 is 1.29 bits per heavy atom. The summed E-state index contributed by atoms with van der Waals surface area (Å²) in [6.07, 6.45) is 3.17. The highest BCUT2D eigenvalue weighted by Gasteiger charge is 2.10. The van der Waals surface area contributed by atoms with Gasteiger partial charge in [0.05, 0.1) is 0 Å². The van der Waals surface area contributed by atoms with E-state index in [1.54, 1.807) is 28.7 Å². The Morgan fingerprint density at radius 3 is 2.65 bits per heavy atom. The van der Waals surface area contributed by atoms with Crippen molar-refractivity contribution in [3.8, 4) is 9.75 Å². The van der Waals surface area contributed by atoms with Crippen LogP contribution in [0.4, 0.5) is 0 Å². The summed E-state index contributed by atoms with van der Waals surface area (Å²) in [6.45, 7) is 4.20. The van der Waals surface area contributed by atoms with Gasteiger partial charge in [-0.25, -0.2) is 0 Å². The van der Waals surface area contributed by atoms with E-state index in [1.165, 1.54) is 27.0 Å². The fourth-order valence-electron chi connectivity index (χ4n) is 1.58. The molecule has 0 unspecified atom stereocenters. The molecule has 0 aliphatic heterocycles. The standard InChI is InChI=1S/C13H13NOS2/c1-8-5-6-16-12(8)13-9(2)7-10(17-13)3-4-11(14)15/h3-7H,1-2H3,(H2,14,15)/b4-3-. The number of rotatable bonds is 3. The third-order valence-corrected chi connectivity index (χ3v) is 4.80. The highest BCUT2D eigenvalue weighted by atomic mass is 32.1. The molecule has 2 rings (SSSR count). The summed E-state index contributed by atoms with van der Waals surface area (Å²) in [5.74, 6) is -0.412. The first-order valence-electron chi connectivity index (χ1n) is 5.20. The molecule has 0 atom stereocenters. The van der Waals surface area contributed by atoms with Crippen molar-refractivity contribution in [1.29, 1.82) is 0 Å². The molecular formula is C13H13NOS2. The monoisotopic (exact) mass is 263 g/mol. The first-order chi connectivity index (χ1) is 8.08. The summed E-state index contributed by atoms with van der Waals surface area (Å²) < 4.78 is 0. The van der Waals surface area contributed by atoms with Crippen molar-refractivity contribution in [2.45, 2.75) is 13.8 Å². The van der Waals surface area contributed by atoms with Crippen LogP contribution in [-0.4, -0.2) is 5.91 Å². The summed E-state index contributed by atoms with van der Waals surface area (Å²) in [5.41, 5.74) is 7.62. The first-order valence-corrected chi connectivity index (χ1v) is 6.90. The Morgan fingerprint density at radius 2 is 2.06 bits per heavy atom. The number of nitrogens with two attached hydrogens (primary N) is 1. The zero-order valence-corrected chi connectivity index (χ0v) is 11.3. The molecule has 0 saturated heterocycles. The van der Waals surface area contributed by atoms with Crippen LogP contribution in [0, 0.1) is 13.8 Å². The molecule has 4 heteroatoms. The van der Waals surface area contributed by atoms with Crippen LogP contribution in [0.2, 0.25) is 0 Å². The molecule has 0 radical (unpaired) electrons. The van der Waals surface area contributed by atoms with Crippen LogP contribution in [0.5, 0.6) is 0 Å². The number of carbonyl (C=O) groups excluding carboxylic acids is 1. The van der Waals surface area contributed by atoms with Gasteiger partial charge in [-0.15, -0.1) is 22.7 Å². The van der Waals surface area contributed by atoms with E-state index in [9.17, 15) is 4.79 Å². The van der Waals surface area contributed by atoms with E-state index in [0.29, 0.717) is 0 Å². The molecule has 0 aliphatic rings. The van der Waals surface area contributed by atoms with Gasteiger partial charge in [-0.1, -0.05) is 0 Å². The van der Waals surface area contributed by atoms with Gasteiger partial charge < -0.3 is 5.73 Å². The maximum atomic E-state index is 10.7. The summed E-state index contributed by atoms with van der Waals surface area (Å²) in [6, 6.07) is 4.21. The van der Waals surface area contributed by atoms with Gasteiger partial charge in [0, 0.05) is 20.7 Å². The van der Waals surface area contributed by atoms with Crippen LogP contribution >= 0.6 is 22.7 Å². The summed E-state index contributed by atoms with van der Waals surface area (Å²) in [5, 5.41) is 2.10. The number of hydrogen-bond acceptors (Lipinski definition) is 3. The molecule has 2 heterocycles. The molecule has 1 amide bonds. The average Bonchev–Trinajstić information content (AvgIpc) is 2.81. The number of carbonyl (C=O) groups is 1. The van der Waals surface area contributed by atoms with E-state index < -0.39 is 5.91 Å². The molecule has 88 valence electrons. The molecule has 0 fully saturated rings. The zero-order chi connectivity index (χ0) is 12.4. The second kappa shape index (κ2) is 4.85. The number of primary amides is 1. The Balaban J connectivity index is 2.38. The molecule has 0 aromatic carbocycles. The number of hydrogen-bond donors (Lipinski definition) is 1. The highest BCUT2D eigenvalue weighted by Crippen LogP contribution is 2.37. The van der Waals surface area contributed by atoms with Crippen molar-refractivity contribution in [3.05, 3.63) is 39.6 Å². The second-order valence-corrected chi connectivity index (χ2v) is 5.83. The average molecular weight is 263 g/mol. The molecule has 17 heavy (non-hydrogen) atoms. The van der Waals surface area contributed by atoms with Gasteiger partial charge >= 0.3 is 0 Å². The lowest BCUT2D eigenvalue weighted by molar-refractivity contribution is -0.113. The van der Waals surface area contributed by atoms with Gasteiger partial charge in [0.25, 0.3) is 0 Å². The largest absolute Gasteiger partial charge is 0.366 e. The third kappa shape index (κ3) is 2.65. The number of aryl methyl sites for hydroxylation is 2. The lowest BCUT2D eigenvalue weighted by Crippen LogP contribution is -2.04. The lowest BCUT2D eigenvalue weighted by atomic mass is 10.2. The van der Waals surface area contributed by atoms with Gasteiger partial charge in [-0.3, -0.25) is 4.79 Å². The van der Waals surface area contributed by atoms with Gasteiger partial charge in [0.2, 0.25) is 5.91 Å².